The number of hydrogen-bond acceptors (Lipinski definition) is 12. The van der Waals surface area contributed by atoms with Crippen LogP contribution < -0.4 is 10.4 Å². The molecule has 0 amide bonds. The topological polar surface area (TPSA) is 175 Å². The van der Waals surface area contributed by atoms with Crippen LogP contribution in [0.1, 0.15) is 81.5 Å². The van der Waals surface area contributed by atoms with E-state index >= 15 is 0 Å². The van der Waals surface area contributed by atoms with Gasteiger partial charge in [0, 0.05) is 49.2 Å². The van der Waals surface area contributed by atoms with Gasteiger partial charge in [0.05, 0.1) is 23.3 Å². The summed E-state index contributed by atoms with van der Waals surface area (Å²) in [5.74, 6) is -2.73. The van der Waals surface area contributed by atoms with E-state index < -0.39 is 70.1 Å². The van der Waals surface area contributed by atoms with Crippen molar-refractivity contribution < 1.29 is 42.9 Å². The van der Waals surface area contributed by atoms with Gasteiger partial charge in [-0.3, -0.25) is 14.6 Å². The molecule has 2 aliphatic carbocycles. The smallest absolute Gasteiger partial charge is 0.345 e. The summed E-state index contributed by atoms with van der Waals surface area (Å²) < 4.78 is 30.1. The molecule has 0 spiro atoms. The summed E-state index contributed by atoms with van der Waals surface area (Å²) in [6.45, 7) is 8.12. The van der Waals surface area contributed by atoms with Gasteiger partial charge in [-0.15, -0.1) is 0 Å². The second-order valence-electron chi connectivity index (χ2n) is 13.9. The first-order valence-electron chi connectivity index (χ1n) is 16.2. The van der Waals surface area contributed by atoms with E-state index in [0.717, 1.165) is 0 Å². The van der Waals surface area contributed by atoms with Crippen molar-refractivity contribution in [3.05, 3.63) is 82.0 Å². The van der Waals surface area contributed by atoms with Crippen LogP contribution >= 0.6 is 0 Å². The van der Waals surface area contributed by atoms with Crippen LogP contribution in [0.3, 0.4) is 0 Å². The molecule has 1 N–H and O–H groups in total. The van der Waals surface area contributed by atoms with E-state index in [2.05, 4.69) is 4.98 Å². The number of aliphatic hydroxyl groups excluding tert-OH is 1. The number of fused-ring (bicyclic) bond motifs is 4. The van der Waals surface area contributed by atoms with E-state index in [1.807, 2.05) is 19.9 Å². The third-order valence-corrected chi connectivity index (χ3v) is 10.9. The summed E-state index contributed by atoms with van der Waals surface area (Å²) in [5.41, 5.74) is -2.92. The summed E-state index contributed by atoms with van der Waals surface area (Å²) in [4.78, 5) is 55.9. The fourth-order valence-corrected chi connectivity index (χ4v) is 8.72. The van der Waals surface area contributed by atoms with Crippen LogP contribution in [0.15, 0.2) is 64.1 Å². The number of rotatable bonds is 6. The number of carbonyl (C=O) groups excluding carboxylic acids is 3. The molecule has 2 aromatic heterocycles. The zero-order valence-corrected chi connectivity index (χ0v) is 27.9. The maximum atomic E-state index is 13.7. The summed E-state index contributed by atoms with van der Waals surface area (Å²) in [5, 5.41) is 21.5. The molecule has 1 aliphatic heterocycles. The Kier molecular flexibility index (Phi) is 8.61. The molecule has 2 fully saturated rings. The Balaban J connectivity index is 1.50. The van der Waals surface area contributed by atoms with Gasteiger partial charge >= 0.3 is 23.5 Å². The largest absolute Gasteiger partial charge is 0.482 e. The lowest BCUT2D eigenvalue weighted by Crippen LogP contribution is -2.71. The fourth-order valence-electron chi connectivity index (χ4n) is 8.72. The van der Waals surface area contributed by atoms with Crippen molar-refractivity contribution in [3.8, 4) is 23.1 Å². The second kappa shape index (κ2) is 12.5. The number of nitrogens with zero attached hydrogens (tertiary/aromatic N) is 2. The molecule has 49 heavy (non-hydrogen) atoms. The number of pyridine rings is 1. The van der Waals surface area contributed by atoms with Crippen molar-refractivity contribution >= 4 is 17.9 Å². The van der Waals surface area contributed by atoms with Gasteiger partial charge in [-0.2, -0.15) is 5.26 Å². The lowest BCUT2D eigenvalue weighted by molar-refractivity contribution is -0.266. The van der Waals surface area contributed by atoms with E-state index in [1.165, 1.54) is 50.4 Å². The highest BCUT2D eigenvalue weighted by Gasteiger charge is 2.71. The van der Waals surface area contributed by atoms with Crippen LogP contribution in [0.4, 0.5) is 0 Å². The standard InChI is InChI=1S/C37H38N2O10/c1-20(40)45-19-36(4)27-16-29(48-33(43)23-10-8-22(17-38)9-11-23)37(5)32(35(27,3)13-12-28(36)46-21(2)41)31(42)30-26(49-37)15-25(47-34(30)44)24-7-6-14-39-18-24/h6-11,14-15,18,27-29,31-32,42H,12-13,16,19H2,1-5H3/t27-,28+,29+,31+,32-,35+,36?,37-/m1/s1. The predicted molar refractivity (Wildman–Crippen MR) is 172 cm³/mol. The second-order valence-corrected chi connectivity index (χ2v) is 13.9. The Morgan fingerprint density at radius 3 is 2.43 bits per heavy atom. The monoisotopic (exact) mass is 670 g/mol. The summed E-state index contributed by atoms with van der Waals surface area (Å²) >= 11 is 0. The molecule has 0 bridgehead atoms. The molecule has 8 atom stereocenters. The van der Waals surface area contributed by atoms with E-state index in [9.17, 15) is 29.5 Å². The number of carbonyl (C=O) groups is 3. The molecule has 0 saturated heterocycles. The summed E-state index contributed by atoms with van der Waals surface area (Å²) in [6, 6.07) is 13.0. The molecule has 1 aromatic carbocycles. The van der Waals surface area contributed by atoms with Gasteiger partial charge in [0.1, 0.15) is 41.5 Å². The molecule has 0 radical (unpaired) electrons. The van der Waals surface area contributed by atoms with Crippen molar-refractivity contribution in [2.45, 2.75) is 77.8 Å². The van der Waals surface area contributed by atoms with Gasteiger partial charge in [-0.05, 0) is 73.9 Å². The first-order valence-corrected chi connectivity index (χ1v) is 16.2. The van der Waals surface area contributed by atoms with Crippen LogP contribution in [-0.2, 0) is 23.8 Å². The summed E-state index contributed by atoms with van der Waals surface area (Å²) in [6.07, 6.45) is 1.03. The number of aromatic nitrogens is 1. The first-order chi connectivity index (χ1) is 23.2. The van der Waals surface area contributed by atoms with Gasteiger partial charge in [-0.1, -0.05) is 13.8 Å². The van der Waals surface area contributed by atoms with Gasteiger partial charge in [-0.25, -0.2) is 9.59 Å². The Bertz CT molecular complexity index is 1890. The maximum absolute atomic E-state index is 13.7. The van der Waals surface area contributed by atoms with Gasteiger partial charge in [0.2, 0.25) is 0 Å². The molecule has 3 aliphatic rings. The number of esters is 3. The fraction of sp³-hybridized carbons (Fsp3) is 0.459. The lowest BCUT2D eigenvalue weighted by atomic mass is 9.42. The normalized spacial score (nSPS) is 31.4. The molecule has 1 unspecified atom stereocenters. The van der Waals surface area contributed by atoms with E-state index in [0.29, 0.717) is 24.0 Å². The van der Waals surface area contributed by atoms with Crippen LogP contribution in [0.2, 0.25) is 0 Å². The van der Waals surface area contributed by atoms with Gasteiger partial charge in [0.15, 0.2) is 0 Å². The highest BCUT2D eigenvalue weighted by atomic mass is 16.6. The number of ether oxygens (including phenoxy) is 4. The average molecular weight is 671 g/mol. The first kappa shape index (κ1) is 33.9. The highest BCUT2D eigenvalue weighted by Crippen LogP contribution is 2.67. The number of nitriles is 1. The quantitative estimate of drug-likeness (QED) is 0.277. The molecule has 12 heteroatoms. The molecule has 3 heterocycles. The number of hydrogen-bond donors (Lipinski definition) is 1. The van der Waals surface area contributed by atoms with E-state index in [-0.39, 0.29) is 35.7 Å². The Morgan fingerprint density at radius 2 is 1.80 bits per heavy atom. The van der Waals surface area contributed by atoms with Crippen LogP contribution in [0.25, 0.3) is 11.3 Å². The highest BCUT2D eigenvalue weighted by molar-refractivity contribution is 5.89. The van der Waals surface area contributed by atoms with Crippen molar-refractivity contribution in [2.24, 2.45) is 22.7 Å². The van der Waals surface area contributed by atoms with Crippen molar-refractivity contribution in [3.63, 3.8) is 0 Å². The maximum Gasteiger partial charge on any atom is 0.345 e. The third kappa shape index (κ3) is 5.76. The SMILES string of the molecule is CC(=O)OCC1(C)[C@@H](OC(C)=O)CC[C@]2(C)[C@H]3[C@@H](O)c4c(cc(-c5cccnc5)oc4=O)O[C@]3(C)[C@@H](OC(=O)c3ccc(C#N)cc3)C[C@@H]12. The predicted octanol–water partition coefficient (Wildman–Crippen LogP) is 4.92. The Labute approximate surface area is 283 Å². The van der Waals surface area contributed by atoms with Gasteiger partial charge < -0.3 is 28.5 Å². The molecular formula is C37H38N2O10. The van der Waals surface area contributed by atoms with Crippen LogP contribution in [0, 0.1) is 34.0 Å². The van der Waals surface area contributed by atoms with E-state index in [1.54, 1.807) is 25.3 Å². The van der Waals surface area contributed by atoms with Gasteiger partial charge in [0.25, 0.3) is 0 Å². The molecule has 3 aromatic rings. The van der Waals surface area contributed by atoms with Crippen LogP contribution in [0.5, 0.6) is 5.75 Å². The molecular weight excluding hydrogens is 632 g/mol. The van der Waals surface area contributed by atoms with Crippen molar-refractivity contribution in [2.75, 3.05) is 6.61 Å². The average Bonchev–Trinajstić information content (AvgIpc) is 3.06. The van der Waals surface area contributed by atoms with E-state index in [4.69, 9.17) is 23.4 Å². The minimum atomic E-state index is -1.42. The minimum absolute atomic E-state index is 0.0574. The minimum Gasteiger partial charge on any atom is -0.482 e. The zero-order valence-electron chi connectivity index (χ0n) is 27.9. The Hall–Kier alpha value is -5.02. The Morgan fingerprint density at radius 1 is 1.06 bits per heavy atom. The molecule has 256 valence electrons. The number of aliphatic hydroxyl groups is 1. The number of benzene rings is 1. The summed E-state index contributed by atoms with van der Waals surface area (Å²) in [7, 11) is 0. The molecule has 6 rings (SSSR count). The molecule has 2 saturated carbocycles. The van der Waals surface area contributed by atoms with Crippen LogP contribution in [-0.4, -0.2) is 52.4 Å². The zero-order chi connectivity index (χ0) is 35.3. The van der Waals surface area contributed by atoms with Crippen molar-refractivity contribution in [1.82, 2.24) is 4.98 Å². The molecule has 12 nitrogen and oxygen atoms in total. The third-order valence-electron chi connectivity index (χ3n) is 10.9. The van der Waals surface area contributed by atoms with Crippen molar-refractivity contribution in [1.29, 1.82) is 5.26 Å². The lowest BCUT2D eigenvalue weighted by Gasteiger charge is -2.66.